The highest BCUT2D eigenvalue weighted by atomic mass is 16.5. The number of hydrogen-bond acceptors (Lipinski definition) is 5. The van der Waals surface area contributed by atoms with Crippen molar-refractivity contribution in [1.82, 2.24) is 14.8 Å². The molecule has 2 rings (SSSR count). The minimum absolute atomic E-state index is 0.491. The highest BCUT2D eigenvalue weighted by Gasteiger charge is 2.36. The van der Waals surface area contributed by atoms with E-state index < -0.39 is 5.41 Å². The zero-order valence-corrected chi connectivity index (χ0v) is 14.7. The number of nitriles is 1. The Kier molecular flexibility index (Phi) is 5.80. The van der Waals surface area contributed by atoms with Gasteiger partial charge in [0.05, 0.1) is 20.3 Å². The summed E-state index contributed by atoms with van der Waals surface area (Å²) >= 11 is 0. The topological polar surface area (TPSA) is 73.0 Å². The molecular weight excluding hydrogens is 304 g/mol. The van der Waals surface area contributed by atoms with Crippen LogP contribution in [0.3, 0.4) is 0 Å². The van der Waals surface area contributed by atoms with Gasteiger partial charge in [-0.15, -0.1) is 10.2 Å². The molecule has 0 aliphatic heterocycles. The van der Waals surface area contributed by atoms with Crippen LogP contribution in [0.25, 0.3) is 0 Å². The summed E-state index contributed by atoms with van der Waals surface area (Å²) in [5, 5.41) is 18.1. The van der Waals surface area contributed by atoms with Crippen molar-refractivity contribution in [2.24, 2.45) is 0 Å². The van der Waals surface area contributed by atoms with Crippen LogP contribution in [0.4, 0.5) is 0 Å². The first-order valence-electron chi connectivity index (χ1n) is 8.08. The molecule has 0 aliphatic rings. The Morgan fingerprint density at radius 1 is 1.29 bits per heavy atom. The van der Waals surface area contributed by atoms with Crippen molar-refractivity contribution in [2.75, 3.05) is 14.2 Å². The summed E-state index contributed by atoms with van der Waals surface area (Å²) in [5.74, 6) is 2.16. The van der Waals surface area contributed by atoms with E-state index in [1.807, 2.05) is 29.7 Å². The molecule has 0 saturated carbocycles. The maximum Gasteiger partial charge on any atom is 0.129 e. The van der Waals surface area contributed by atoms with E-state index in [0.717, 1.165) is 30.7 Å². The van der Waals surface area contributed by atoms with Gasteiger partial charge in [-0.3, -0.25) is 0 Å². The van der Waals surface area contributed by atoms with Crippen LogP contribution in [0, 0.1) is 18.3 Å². The second-order valence-electron chi connectivity index (χ2n) is 5.87. The van der Waals surface area contributed by atoms with E-state index in [2.05, 4.69) is 23.2 Å². The van der Waals surface area contributed by atoms with Gasteiger partial charge in [0, 0.05) is 18.2 Å². The number of hydrogen-bond donors (Lipinski definition) is 0. The molecule has 0 radical (unpaired) electrons. The molecule has 24 heavy (non-hydrogen) atoms. The highest BCUT2D eigenvalue weighted by Crippen LogP contribution is 2.39. The summed E-state index contributed by atoms with van der Waals surface area (Å²) in [6, 6.07) is 8.17. The Morgan fingerprint density at radius 3 is 2.62 bits per heavy atom. The van der Waals surface area contributed by atoms with Crippen molar-refractivity contribution in [3.63, 3.8) is 0 Å². The maximum atomic E-state index is 10.1. The fraction of sp³-hybridized carbons (Fsp3) is 0.500. The third kappa shape index (κ3) is 3.51. The zero-order valence-electron chi connectivity index (χ0n) is 14.7. The Labute approximate surface area is 143 Å². The van der Waals surface area contributed by atoms with Gasteiger partial charge in [0.2, 0.25) is 0 Å². The number of aromatic nitrogens is 3. The van der Waals surface area contributed by atoms with Crippen molar-refractivity contribution in [3.05, 3.63) is 35.9 Å². The normalized spacial score (nSPS) is 13.1. The van der Waals surface area contributed by atoms with Gasteiger partial charge in [-0.05, 0) is 25.5 Å². The molecule has 0 bridgehead atoms. The number of methoxy groups -OCH3 is 2. The molecule has 0 fully saturated rings. The molecule has 128 valence electrons. The first-order valence-corrected chi connectivity index (χ1v) is 8.08. The number of nitrogens with zero attached hydrogens (tertiary/aromatic N) is 4. The van der Waals surface area contributed by atoms with E-state index in [1.165, 1.54) is 0 Å². The molecular formula is C18H24N4O2. The van der Waals surface area contributed by atoms with E-state index in [0.29, 0.717) is 18.0 Å². The Balaban J connectivity index is 2.53. The largest absolute Gasteiger partial charge is 0.497 e. The number of ether oxygens (including phenoxy) is 2. The predicted molar refractivity (Wildman–Crippen MR) is 91.1 cm³/mol. The Hall–Kier alpha value is -2.55. The molecule has 1 unspecified atom stereocenters. The van der Waals surface area contributed by atoms with Crippen molar-refractivity contribution in [1.29, 1.82) is 5.26 Å². The van der Waals surface area contributed by atoms with Crippen molar-refractivity contribution in [2.45, 2.75) is 45.1 Å². The van der Waals surface area contributed by atoms with Crippen molar-refractivity contribution >= 4 is 0 Å². The van der Waals surface area contributed by atoms with Crippen molar-refractivity contribution < 1.29 is 9.47 Å². The quantitative estimate of drug-likeness (QED) is 0.743. The lowest BCUT2D eigenvalue weighted by Crippen LogP contribution is -2.31. The van der Waals surface area contributed by atoms with Crippen LogP contribution in [0.1, 0.15) is 37.6 Å². The number of aryl methyl sites for hydroxylation is 1. The summed E-state index contributed by atoms with van der Waals surface area (Å²) < 4.78 is 12.7. The minimum Gasteiger partial charge on any atom is -0.497 e. The molecule has 2 aromatic rings. The van der Waals surface area contributed by atoms with Crippen LogP contribution in [0.2, 0.25) is 0 Å². The molecule has 6 nitrogen and oxygen atoms in total. The second kappa shape index (κ2) is 7.82. The molecule has 6 heteroatoms. The van der Waals surface area contributed by atoms with Gasteiger partial charge in [-0.1, -0.05) is 19.8 Å². The van der Waals surface area contributed by atoms with Gasteiger partial charge in [-0.2, -0.15) is 5.26 Å². The first-order chi connectivity index (χ1) is 11.6. The van der Waals surface area contributed by atoms with E-state index in [4.69, 9.17) is 9.47 Å². The standard InChI is InChI=1S/C18H24N4O2/c1-5-6-9-18(11-19,12-22-13-20-21-14(22)2)16-8-7-15(23-3)10-17(16)24-4/h7-8,10,13H,5-6,9,12H2,1-4H3. The van der Waals surface area contributed by atoms with Crippen LogP contribution in [0.5, 0.6) is 11.5 Å². The molecule has 0 aliphatic carbocycles. The first kappa shape index (κ1) is 17.8. The Bertz CT molecular complexity index is 720. The van der Waals surface area contributed by atoms with E-state index in [-0.39, 0.29) is 0 Å². The fourth-order valence-corrected chi connectivity index (χ4v) is 2.88. The SMILES string of the molecule is CCCCC(C#N)(Cn1cnnc1C)c1ccc(OC)cc1OC. The third-order valence-electron chi connectivity index (χ3n) is 4.34. The van der Waals surface area contributed by atoms with E-state index in [9.17, 15) is 5.26 Å². The lowest BCUT2D eigenvalue weighted by atomic mass is 9.76. The van der Waals surface area contributed by atoms with Gasteiger partial charge >= 0.3 is 0 Å². The van der Waals surface area contributed by atoms with Gasteiger partial charge in [0.15, 0.2) is 0 Å². The average molecular weight is 328 g/mol. The van der Waals surface area contributed by atoms with Crippen LogP contribution in [-0.2, 0) is 12.0 Å². The van der Waals surface area contributed by atoms with Gasteiger partial charge in [0.25, 0.3) is 0 Å². The predicted octanol–water partition coefficient (Wildman–Crippen LogP) is 3.26. The van der Waals surface area contributed by atoms with E-state index in [1.54, 1.807) is 20.5 Å². The lowest BCUT2D eigenvalue weighted by Gasteiger charge is -2.29. The monoisotopic (exact) mass is 328 g/mol. The number of unbranched alkanes of at least 4 members (excludes halogenated alkanes) is 1. The summed E-state index contributed by atoms with van der Waals surface area (Å²) in [6.07, 6.45) is 4.37. The van der Waals surface area contributed by atoms with Crippen LogP contribution in [-0.4, -0.2) is 29.0 Å². The van der Waals surface area contributed by atoms with Crippen LogP contribution in [0.15, 0.2) is 24.5 Å². The molecule has 0 amide bonds. The fourth-order valence-electron chi connectivity index (χ4n) is 2.88. The van der Waals surface area contributed by atoms with Gasteiger partial charge in [0.1, 0.15) is 29.1 Å². The Morgan fingerprint density at radius 2 is 2.08 bits per heavy atom. The number of benzene rings is 1. The lowest BCUT2D eigenvalue weighted by molar-refractivity contribution is 0.359. The maximum absolute atomic E-state index is 10.1. The average Bonchev–Trinajstić information content (AvgIpc) is 3.02. The second-order valence-corrected chi connectivity index (χ2v) is 5.87. The van der Waals surface area contributed by atoms with Gasteiger partial charge in [-0.25, -0.2) is 0 Å². The highest BCUT2D eigenvalue weighted by molar-refractivity contribution is 5.48. The molecule has 1 heterocycles. The molecule has 0 N–H and O–H groups in total. The molecule has 1 aromatic heterocycles. The summed E-state index contributed by atoms with van der Waals surface area (Å²) in [4.78, 5) is 0. The molecule has 0 saturated heterocycles. The molecule has 1 atom stereocenters. The van der Waals surface area contributed by atoms with Gasteiger partial charge < -0.3 is 14.0 Å². The zero-order chi connectivity index (χ0) is 17.6. The smallest absolute Gasteiger partial charge is 0.129 e. The molecule has 0 spiro atoms. The van der Waals surface area contributed by atoms with Crippen LogP contribution >= 0.6 is 0 Å². The van der Waals surface area contributed by atoms with Crippen molar-refractivity contribution in [3.8, 4) is 17.6 Å². The third-order valence-corrected chi connectivity index (χ3v) is 4.34. The summed E-state index contributed by atoms with van der Waals surface area (Å²) in [7, 11) is 3.23. The number of rotatable bonds is 8. The minimum atomic E-state index is -0.708. The van der Waals surface area contributed by atoms with E-state index >= 15 is 0 Å². The van der Waals surface area contributed by atoms with Crippen LogP contribution < -0.4 is 9.47 Å². The molecule has 1 aromatic carbocycles. The summed E-state index contributed by atoms with van der Waals surface area (Å²) in [6.45, 7) is 4.50. The summed E-state index contributed by atoms with van der Waals surface area (Å²) in [5.41, 5.74) is 0.163.